The van der Waals surface area contributed by atoms with Gasteiger partial charge in [0.15, 0.2) is 0 Å². The summed E-state index contributed by atoms with van der Waals surface area (Å²) < 4.78 is 17.0. The number of nitrogens with zero attached hydrogens (tertiary/aromatic N) is 3. The summed E-state index contributed by atoms with van der Waals surface area (Å²) in [6, 6.07) is 17.3. The summed E-state index contributed by atoms with van der Waals surface area (Å²) in [5.41, 5.74) is 6.10. The van der Waals surface area contributed by atoms with Gasteiger partial charge < -0.3 is 24.8 Å². The molecule has 2 aromatic heterocycles. The van der Waals surface area contributed by atoms with Gasteiger partial charge in [-0.2, -0.15) is 0 Å². The molecule has 2 N–H and O–H groups in total. The van der Waals surface area contributed by atoms with Crippen LogP contribution >= 0.6 is 23.2 Å². The molecular weight excluding hydrogens is 689 g/mol. The summed E-state index contributed by atoms with van der Waals surface area (Å²) in [7, 11) is 3.23. The number of rotatable bonds is 13. The molecule has 0 saturated carbocycles. The lowest BCUT2D eigenvalue weighted by Crippen LogP contribution is -2.37. The molecule has 0 spiro atoms. The Hall–Kier alpha value is -4.22. The molecule has 2 fully saturated rings. The van der Waals surface area contributed by atoms with Gasteiger partial charge in [0, 0.05) is 71.7 Å². The molecule has 12 heteroatoms. The van der Waals surface area contributed by atoms with Crippen molar-refractivity contribution in [1.29, 1.82) is 0 Å². The van der Waals surface area contributed by atoms with E-state index in [0.29, 0.717) is 59.1 Å². The van der Waals surface area contributed by atoms with Crippen LogP contribution < -0.4 is 20.1 Å². The molecule has 10 nitrogen and oxygen atoms in total. The number of hydrogen-bond donors (Lipinski definition) is 2. The Morgan fingerprint density at radius 2 is 1.78 bits per heavy atom. The van der Waals surface area contributed by atoms with Crippen LogP contribution in [0.25, 0.3) is 33.6 Å². The zero-order valence-corrected chi connectivity index (χ0v) is 30.8. The predicted octanol–water partition coefficient (Wildman–Crippen LogP) is 7.09. The fraction of sp³-hybridized carbons (Fsp3) is 0.385. The monoisotopic (exact) mass is 731 g/mol. The second-order valence-electron chi connectivity index (χ2n) is 13.1. The van der Waals surface area contributed by atoms with E-state index in [4.69, 9.17) is 42.4 Å². The number of nitrogens with one attached hydrogen (secondary N) is 2. The predicted molar refractivity (Wildman–Crippen MR) is 199 cm³/mol. The van der Waals surface area contributed by atoms with E-state index in [1.54, 1.807) is 20.4 Å². The minimum atomic E-state index is -0.269. The average molecular weight is 733 g/mol. The topological polar surface area (TPSA) is 115 Å². The second kappa shape index (κ2) is 16.4. The molecule has 6 rings (SSSR count). The number of halogens is 2. The van der Waals surface area contributed by atoms with E-state index in [-0.39, 0.29) is 30.1 Å². The lowest BCUT2D eigenvalue weighted by Gasteiger charge is -2.25. The number of aromatic nitrogens is 2. The molecule has 2 unspecified atom stereocenters. The van der Waals surface area contributed by atoms with Crippen molar-refractivity contribution in [3.8, 4) is 45.3 Å². The van der Waals surface area contributed by atoms with Gasteiger partial charge in [0.25, 0.3) is 0 Å². The van der Waals surface area contributed by atoms with Gasteiger partial charge in [0.2, 0.25) is 11.8 Å². The van der Waals surface area contributed by atoms with Crippen LogP contribution in [0.1, 0.15) is 50.7 Å². The van der Waals surface area contributed by atoms with Gasteiger partial charge in [-0.25, -0.2) is 4.98 Å². The summed E-state index contributed by atoms with van der Waals surface area (Å²) in [4.78, 5) is 35.8. The quantitative estimate of drug-likeness (QED) is 0.139. The Balaban J connectivity index is 1.22. The van der Waals surface area contributed by atoms with E-state index in [1.807, 2.05) is 68.4 Å². The zero-order chi connectivity index (χ0) is 36.1. The molecule has 4 aromatic rings. The first-order chi connectivity index (χ1) is 24.7. The maximum atomic E-state index is 12.7. The van der Waals surface area contributed by atoms with E-state index in [9.17, 15) is 9.59 Å². The summed E-state index contributed by atoms with van der Waals surface area (Å²) in [6.07, 6.45) is 4.67. The van der Waals surface area contributed by atoms with Crippen molar-refractivity contribution in [1.82, 2.24) is 25.5 Å². The Kier molecular flexibility index (Phi) is 11.8. The van der Waals surface area contributed by atoms with Crippen LogP contribution in [0.2, 0.25) is 10.0 Å². The molecule has 2 saturated heterocycles. The summed E-state index contributed by atoms with van der Waals surface area (Å²) >= 11 is 14.2. The SMILES string of the molecule is COc1cc(-c2nccc(-c3cccc(-c4ccc(CNCC5CCC(=O)N5)c(OC)n4)c3Cl)c2Cl)ccc1CN1CCCC1C(=O)OC(C)C. The van der Waals surface area contributed by atoms with Gasteiger partial charge >= 0.3 is 5.97 Å². The van der Waals surface area contributed by atoms with Crippen LogP contribution in [0.15, 0.2) is 60.8 Å². The van der Waals surface area contributed by atoms with Gasteiger partial charge in [0.05, 0.1) is 41.8 Å². The molecule has 268 valence electrons. The molecule has 0 radical (unpaired) electrons. The fourth-order valence-electron chi connectivity index (χ4n) is 6.77. The second-order valence-corrected chi connectivity index (χ2v) is 13.9. The highest BCUT2D eigenvalue weighted by Gasteiger charge is 2.33. The van der Waals surface area contributed by atoms with Crippen molar-refractivity contribution in [2.24, 2.45) is 0 Å². The van der Waals surface area contributed by atoms with Crippen LogP contribution in [0, 0.1) is 0 Å². The lowest BCUT2D eigenvalue weighted by atomic mass is 9.99. The summed E-state index contributed by atoms with van der Waals surface area (Å²) in [5, 5.41) is 7.32. The molecule has 2 aliphatic rings. The molecule has 0 bridgehead atoms. The Morgan fingerprint density at radius 1 is 1.00 bits per heavy atom. The number of carbonyl (C=O) groups excluding carboxylic acids is 2. The van der Waals surface area contributed by atoms with Crippen LogP contribution in [0.5, 0.6) is 11.6 Å². The highest BCUT2D eigenvalue weighted by Crippen LogP contribution is 2.42. The van der Waals surface area contributed by atoms with Crippen LogP contribution in [-0.4, -0.2) is 72.2 Å². The fourth-order valence-corrected chi connectivity index (χ4v) is 7.41. The van der Waals surface area contributed by atoms with Crippen LogP contribution in [0.3, 0.4) is 0 Å². The number of ether oxygens (including phenoxy) is 3. The Labute approximate surface area is 308 Å². The van der Waals surface area contributed by atoms with Crippen molar-refractivity contribution >= 4 is 35.1 Å². The van der Waals surface area contributed by atoms with Crippen LogP contribution in [0.4, 0.5) is 0 Å². The molecule has 4 heterocycles. The molecular formula is C39H43Cl2N5O5. The highest BCUT2D eigenvalue weighted by molar-refractivity contribution is 6.39. The van der Waals surface area contributed by atoms with Crippen molar-refractivity contribution in [2.45, 2.75) is 70.8 Å². The van der Waals surface area contributed by atoms with E-state index >= 15 is 0 Å². The Bertz CT molecular complexity index is 1900. The normalized spacial score (nSPS) is 17.5. The van der Waals surface area contributed by atoms with E-state index in [0.717, 1.165) is 59.2 Å². The number of amides is 1. The molecule has 2 aromatic carbocycles. The summed E-state index contributed by atoms with van der Waals surface area (Å²) in [6.45, 7) is 6.32. The van der Waals surface area contributed by atoms with Gasteiger partial charge in [-0.15, -0.1) is 0 Å². The largest absolute Gasteiger partial charge is 0.496 e. The minimum Gasteiger partial charge on any atom is -0.496 e. The zero-order valence-electron chi connectivity index (χ0n) is 29.3. The first-order valence-electron chi connectivity index (χ1n) is 17.3. The average Bonchev–Trinajstić information content (AvgIpc) is 3.77. The highest BCUT2D eigenvalue weighted by atomic mass is 35.5. The third kappa shape index (κ3) is 8.31. The van der Waals surface area contributed by atoms with Gasteiger partial charge in [-0.1, -0.05) is 59.6 Å². The Morgan fingerprint density at radius 3 is 2.53 bits per heavy atom. The van der Waals surface area contributed by atoms with Crippen LogP contribution in [-0.2, 0) is 27.4 Å². The summed E-state index contributed by atoms with van der Waals surface area (Å²) in [5.74, 6) is 1.09. The molecule has 51 heavy (non-hydrogen) atoms. The van der Waals surface area contributed by atoms with Crippen molar-refractivity contribution in [3.05, 3.63) is 82.0 Å². The molecule has 1 amide bonds. The lowest BCUT2D eigenvalue weighted by molar-refractivity contribution is -0.153. The van der Waals surface area contributed by atoms with E-state index in [2.05, 4.69) is 20.5 Å². The van der Waals surface area contributed by atoms with E-state index in [1.165, 1.54) is 0 Å². The minimum absolute atomic E-state index is 0.0958. The van der Waals surface area contributed by atoms with Gasteiger partial charge in [0.1, 0.15) is 11.8 Å². The number of pyridine rings is 2. The van der Waals surface area contributed by atoms with Crippen molar-refractivity contribution in [3.63, 3.8) is 0 Å². The standard InChI is InChI=1S/C39H43Cl2N5O5/c1-23(2)51-39(48)32-9-6-18-46(32)22-26-11-10-24(19-33(26)49-3)37-36(41)29(16-17-43-37)28-7-5-8-30(35(28)40)31-14-12-25(38(45-31)50-4)20-42-21-27-13-15-34(47)44-27/h5,7-8,10-12,14,16-17,19,23,27,32,42H,6,9,13,15,18,20-22H2,1-4H3,(H,44,47). The molecule has 0 aliphatic carbocycles. The van der Waals surface area contributed by atoms with Crippen molar-refractivity contribution in [2.75, 3.05) is 27.3 Å². The number of hydrogen-bond acceptors (Lipinski definition) is 9. The number of carbonyl (C=O) groups is 2. The smallest absolute Gasteiger partial charge is 0.323 e. The first kappa shape index (κ1) is 36.6. The van der Waals surface area contributed by atoms with Gasteiger partial charge in [-0.3, -0.25) is 19.5 Å². The van der Waals surface area contributed by atoms with E-state index < -0.39 is 0 Å². The molecule has 2 atom stereocenters. The third-order valence-electron chi connectivity index (χ3n) is 9.30. The van der Waals surface area contributed by atoms with Crippen molar-refractivity contribution < 1.29 is 23.8 Å². The number of esters is 1. The number of methoxy groups -OCH3 is 2. The first-order valence-corrected chi connectivity index (χ1v) is 18.0. The van der Waals surface area contributed by atoms with Gasteiger partial charge in [-0.05, 0) is 57.9 Å². The number of likely N-dealkylation sites (tertiary alicyclic amines) is 1. The molecule has 2 aliphatic heterocycles. The maximum absolute atomic E-state index is 12.7. The third-order valence-corrected chi connectivity index (χ3v) is 10.1. The number of benzene rings is 2. The maximum Gasteiger partial charge on any atom is 0.323 e.